The van der Waals surface area contributed by atoms with Crippen LogP contribution in [0, 0.1) is 5.82 Å². The van der Waals surface area contributed by atoms with Gasteiger partial charge in [-0.25, -0.2) is 9.37 Å². The van der Waals surface area contributed by atoms with Crippen molar-refractivity contribution in [3.63, 3.8) is 0 Å². The fraction of sp³-hybridized carbons (Fsp3) is 0.0833. The maximum absolute atomic E-state index is 13.2. The molecule has 0 amide bonds. The second-order valence-electron chi connectivity index (χ2n) is 3.44. The molecule has 2 nitrogen and oxygen atoms in total. The van der Waals surface area contributed by atoms with Crippen LogP contribution in [0.25, 0.3) is 0 Å². The lowest BCUT2D eigenvalue weighted by Crippen LogP contribution is -1.99. The highest BCUT2D eigenvalue weighted by Crippen LogP contribution is 2.23. The summed E-state index contributed by atoms with van der Waals surface area (Å²) in [5.41, 5.74) is 7.26. The van der Waals surface area contributed by atoms with Crippen molar-refractivity contribution in [1.29, 1.82) is 0 Å². The smallest absolute Gasteiger partial charge is 0.142 e. The highest BCUT2D eigenvalue weighted by atomic mass is 35.5. The quantitative estimate of drug-likeness (QED) is 0.871. The molecule has 0 spiro atoms. The van der Waals surface area contributed by atoms with Gasteiger partial charge in [0.25, 0.3) is 0 Å². The molecule has 0 atom stereocenters. The topological polar surface area (TPSA) is 38.9 Å². The molecule has 0 radical (unpaired) electrons. The van der Waals surface area contributed by atoms with E-state index in [0.717, 1.165) is 5.56 Å². The molecular formula is C12H10ClFN2. The van der Waals surface area contributed by atoms with E-state index in [9.17, 15) is 4.39 Å². The average Bonchev–Trinajstić information content (AvgIpc) is 2.28. The monoisotopic (exact) mass is 236 g/mol. The number of nitrogens with zero attached hydrogens (tertiary/aromatic N) is 1. The van der Waals surface area contributed by atoms with Gasteiger partial charge in [-0.3, -0.25) is 0 Å². The molecule has 1 heterocycles. The van der Waals surface area contributed by atoms with E-state index < -0.39 is 5.82 Å². The molecule has 0 bridgehead atoms. The van der Waals surface area contributed by atoms with Gasteiger partial charge in [-0.2, -0.15) is 0 Å². The molecular weight excluding hydrogens is 227 g/mol. The minimum absolute atomic E-state index is 0.144. The first-order chi connectivity index (χ1) is 7.68. The number of benzene rings is 1. The van der Waals surface area contributed by atoms with Crippen molar-refractivity contribution in [2.24, 2.45) is 0 Å². The third kappa shape index (κ3) is 2.14. The normalized spacial score (nSPS) is 10.4. The van der Waals surface area contributed by atoms with Gasteiger partial charge >= 0.3 is 0 Å². The van der Waals surface area contributed by atoms with Crippen molar-refractivity contribution in [3.8, 4) is 0 Å². The van der Waals surface area contributed by atoms with Crippen molar-refractivity contribution >= 4 is 17.4 Å². The molecule has 0 saturated heterocycles. The van der Waals surface area contributed by atoms with Crippen molar-refractivity contribution in [2.45, 2.75) is 6.42 Å². The number of aromatic nitrogens is 1. The van der Waals surface area contributed by atoms with E-state index in [-0.39, 0.29) is 5.02 Å². The molecule has 2 rings (SSSR count). The van der Waals surface area contributed by atoms with Crippen molar-refractivity contribution in [3.05, 3.63) is 58.5 Å². The third-order valence-corrected chi connectivity index (χ3v) is 2.76. The fourth-order valence-electron chi connectivity index (χ4n) is 1.49. The van der Waals surface area contributed by atoms with Crippen LogP contribution in [0.2, 0.25) is 5.02 Å². The second kappa shape index (κ2) is 4.49. The SMILES string of the molecule is Nc1ncccc1Cc1cccc(F)c1Cl. The molecule has 2 aromatic rings. The van der Waals surface area contributed by atoms with Crippen LogP contribution in [-0.4, -0.2) is 4.98 Å². The summed E-state index contributed by atoms with van der Waals surface area (Å²) in [5.74, 6) is 0.0319. The first kappa shape index (κ1) is 10.9. The summed E-state index contributed by atoms with van der Waals surface area (Å²) in [6, 6.07) is 8.38. The van der Waals surface area contributed by atoms with E-state index in [1.165, 1.54) is 6.07 Å². The molecule has 0 saturated carbocycles. The van der Waals surface area contributed by atoms with Gasteiger partial charge in [-0.1, -0.05) is 29.8 Å². The number of rotatable bonds is 2. The predicted octanol–water partition coefficient (Wildman–Crippen LogP) is 3.05. The summed E-state index contributed by atoms with van der Waals surface area (Å²) in [5, 5.41) is 0.144. The summed E-state index contributed by atoms with van der Waals surface area (Å²) < 4.78 is 13.2. The van der Waals surface area contributed by atoms with Crippen molar-refractivity contribution in [1.82, 2.24) is 4.98 Å². The molecule has 82 valence electrons. The highest BCUT2D eigenvalue weighted by molar-refractivity contribution is 6.31. The van der Waals surface area contributed by atoms with Crippen LogP contribution in [0.4, 0.5) is 10.2 Å². The van der Waals surface area contributed by atoms with Gasteiger partial charge in [0.1, 0.15) is 11.6 Å². The van der Waals surface area contributed by atoms with E-state index >= 15 is 0 Å². The van der Waals surface area contributed by atoms with Gasteiger partial charge in [0.05, 0.1) is 5.02 Å². The standard InChI is InChI=1S/C12H10ClFN2/c13-11-8(3-1-5-10(11)14)7-9-4-2-6-16-12(9)15/h1-6H,7H2,(H2,15,16). The van der Waals surface area contributed by atoms with Crippen LogP contribution in [0.5, 0.6) is 0 Å². The first-order valence-electron chi connectivity index (χ1n) is 4.80. The predicted molar refractivity (Wildman–Crippen MR) is 62.9 cm³/mol. The minimum atomic E-state index is -0.415. The third-order valence-electron chi connectivity index (χ3n) is 2.34. The second-order valence-corrected chi connectivity index (χ2v) is 3.82. The van der Waals surface area contributed by atoms with E-state index in [1.807, 2.05) is 6.07 Å². The molecule has 0 aliphatic heterocycles. The largest absolute Gasteiger partial charge is 0.383 e. The molecule has 16 heavy (non-hydrogen) atoms. The molecule has 0 fully saturated rings. The van der Waals surface area contributed by atoms with Gasteiger partial charge in [0.15, 0.2) is 0 Å². The molecule has 1 aromatic carbocycles. The Labute approximate surface area is 97.9 Å². The van der Waals surface area contributed by atoms with E-state index in [4.69, 9.17) is 17.3 Å². The van der Waals surface area contributed by atoms with Crippen LogP contribution < -0.4 is 5.73 Å². The summed E-state index contributed by atoms with van der Waals surface area (Å²) in [6.45, 7) is 0. The van der Waals surface area contributed by atoms with Crippen LogP contribution in [0.3, 0.4) is 0 Å². The summed E-state index contributed by atoms with van der Waals surface area (Å²) in [7, 11) is 0. The summed E-state index contributed by atoms with van der Waals surface area (Å²) in [6.07, 6.45) is 2.10. The molecule has 1 aromatic heterocycles. The number of halogens is 2. The van der Waals surface area contributed by atoms with Crippen molar-refractivity contribution in [2.75, 3.05) is 5.73 Å². The zero-order chi connectivity index (χ0) is 11.5. The lowest BCUT2D eigenvalue weighted by atomic mass is 10.1. The Balaban J connectivity index is 2.35. The molecule has 0 aliphatic carbocycles. The van der Waals surface area contributed by atoms with E-state index in [2.05, 4.69) is 4.98 Å². The van der Waals surface area contributed by atoms with Gasteiger partial charge in [-0.15, -0.1) is 0 Å². The number of nitrogen functional groups attached to an aromatic ring is 1. The van der Waals surface area contributed by atoms with E-state index in [1.54, 1.807) is 24.4 Å². The van der Waals surface area contributed by atoms with E-state index in [0.29, 0.717) is 17.8 Å². The molecule has 2 N–H and O–H groups in total. The lowest BCUT2D eigenvalue weighted by molar-refractivity contribution is 0.626. The van der Waals surface area contributed by atoms with Crippen LogP contribution in [0.1, 0.15) is 11.1 Å². The Morgan fingerprint density at radius 1 is 1.19 bits per heavy atom. The zero-order valence-corrected chi connectivity index (χ0v) is 9.21. The van der Waals surface area contributed by atoms with Gasteiger partial charge in [0, 0.05) is 12.6 Å². The molecule has 0 aliphatic rings. The maximum Gasteiger partial charge on any atom is 0.142 e. The van der Waals surface area contributed by atoms with Crippen molar-refractivity contribution < 1.29 is 4.39 Å². The first-order valence-corrected chi connectivity index (χ1v) is 5.18. The Bertz CT molecular complexity index is 514. The number of hydrogen-bond acceptors (Lipinski definition) is 2. The Morgan fingerprint density at radius 3 is 2.69 bits per heavy atom. The highest BCUT2D eigenvalue weighted by Gasteiger charge is 2.08. The average molecular weight is 237 g/mol. The lowest BCUT2D eigenvalue weighted by Gasteiger charge is -2.06. The number of nitrogens with two attached hydrogens (primary N) is 1. The number of pyridine rings is 1. The fourth-order valence-corrected chi connectivity index (χ4v) is 1.68. The minimum Gasteiger partial charge on any atom is -0.383 e. The van der Waals surface area contributed by atoms with Gasteiger partial charge < -0.3 is 5.73 Å². The summed E-state index contributed by atoms with van der Waals surface area (Å²) in [4.78, 5) is 3.97. The van der Waals surface area contributed by atoms with Crippen LogP contribution in [-0.2, 0) is 6.42 Å². The molecule has 4 heteroatoms. The summed E-state index contributed by atoms with van der Waals surface area (Å²) >= 11 is 5.86. The zero-order valence-electron chi connectivity index (χ0n) is 8.45. The Morgan fingerprint density at radius 2 is 1.94 bits per heavy atom. The Hall–Kier alpha value is -1.61. The van der Waals surface area contributed by atoms with Crippen LogP contribution >= 0.6 is 11.6 Å². The number of hydrogen-bond donors (Lipinski definition) is 1. The van der Waals surface area contributed by atoms with Gasteiger partial charge in [0.2, 0.25) is 0 Å². The van der Waals surface area contributed by atoms with Gasteiger partial charge in [-0.05, 0) is 23.3 Å². The Kier molecular flexibility index (Phi) is 3.06. The van der Waals surface area contributed by atoms with Crippen LogP contribution in [0.15, 0.2) is 36.5 Å². The maximum atomic E-state index is 13.2. The number of anilines is 1. The molecule has 0 unspecified atom stereocenters.